The highest BCUT2D eigenvalue weighted by molar-refractivity contribution is 7.99. The number of hydrogen-bond donors (Lipinski definition) is 1. The lowest BCUT2D eigenvalue weighted by molar-refractivity contribution is -0.113. The van der Waals surface area contributed by atoms with E-state index in [0.29, 0.717) is 5.82 Å². The molecule has 0 saturated heterocycles. The molecule has 0 atom stereocenters. The van der Waals surface area contributed by atoms with E-state index in [4.69, 9.17) is 0 Å². The van der Waals surface area contributed by atoms with Crippen LogP contribution in [0.2, 0.25) is 0 Å². The number of rotatable bonds is 7. The highest BCUT2D eigenvalue weighted by Gasteiger charge is 2.14. The first-order chi connectivity index (χ1) is 12.7. The maximum Gasteiger partial charge on any atom is 0.236 e. The van der Waals surface area contributed by atoms with E-state index in [9.17, 15) is 4.79 Å². The Kier molecular flexibility index (Phi) is 6.01. The highest BCUT2D eigenvalue weighted by Crippen LogP contribution is 2.19. The van der Waals surface area contributed by atoms with Crippen molar-refractivity contribution in [2.75, 3.05) is 11.1 Å². The molecule has 0 radical (unpaired) electrons. The third-order valence-electron chi connectivity index (χ3n) is 3.80. The molecule has 1 amide bonds. The first-order valence-corrected chi connectivity index (χ1v) is 9.46. The highest BCUT2D eigenvalue weighted by atomic mass is 32.2. The second-order valence-corrected chi connectivity index (χ2v) is 6.75. The van der Waals surface area contributed by atoms with E-state index in [-0.39, 0.29) is 11.7 Å². The molecular weight excluding hydrogens is 346 g/mol. The van der Waals surface area contributed by atoms with E-state index in [2.05, 4.69) is 44.1 Å². The van der Waals surface area contributed by atoms with Gasteiger partial charge in [0.05, 0.1) is 5.75 Å². The van der Waals surface area contributed by atoms with Crippen LogP contribution in [0.5, 0.6) is 0 Å². The molecule has 3 rings (SSSR count). The number of nitrogens with one attached hydrogen (secondary N) is 1. The summed E-state index contributed by atoms with van der Waals surface area (Å²) >= 11 is 1.38. The van der Waals surface area contributed by atoms with Gasteiger partial charge in [-0.3, -0.25) is 4.79 Å². The van der Waals surface area contributed by atoms with Crippen molar-refractivity contribution in [2.24, 2.45) is 0 Å². The minimum absolute atomic E-state index is 0.108. The standard InChI is InChI=1S/C19H21N5OS/c1-3-24-17(12-15-9-5-4-6-10-15)22-23-19(24)26-13-18(25)21-16-11-7-8-14(2)20-16/h4-11H,3,12-13H2,1-2H3,(H,20,21,25). The van der Waals surface area contributed by atoms with Crippen LogP contribution in [0.3, 0.4) is 0 Å². The van der Waals surface area contributed by atoms with E-state index in [1.54, 1.807) is 6.07 Å². The van der Waals surface area contributed by atoms with Crippen LogP contribution in [0.25, 0.3) is 0 Å². The van der Waals surface area contributed by atoms with Gasteiger partial charge in [0.25, 0.3) is 0 Å². The number of hydrogen-bond acceptors (Lipinski definition) is 5. The van der Waals surface area contributed by atoms with Crippen LogP contribution in [0.15, 0.2) is 53.7 Å². The molecule has 0 aliphatic carbocycles. The summed E-state index contributed by atoms with van der Waals surface area (Å²) in [6, 6.07) is 15.7. The minimum atomic E-state index is -0.108. The summed E-state index contributed by atoms with van der Waals surface area (Å²) in [6.45, 7) is 4.71. The molecule has 0 fully saturated rings. The Morgan fingerprint density at radius 3 is 2.65 bits per heavy atom. The molecule has 0 spiro atoms. The summed E-state index contributed by atoms with van der Waals surface area (Å²) in [5, 5.41) is 12.1. The molecule has 0 unspecified atom stereocenters. The summed E-state index contributed by atoms with van der Waals surface area (Å²) in [7, 11) is 0. The number of thioether (sulfide) groups is 1. The SMILES string of the molecule is CCn1c(Cc2ccccc2)nnc1SCC(=O)Nc1cccc(C)n1. The molecule has 7 heteroatoms. The Bertz CT molecular complexity index is 879. The van der Waals surface area contributed by atoms with E-state index in [0.717, 1.165) is 29.6 Å². The Balaban J connectivity index is 1.62. The fraction of sp³-hybridized carbons (Fsp3) is 0.263. The zero-order valence-electron chi connectivity index (χ0n) is 14.8. The van der Waals surface area contributed by atoms with Gasteiger partial charge in [-0.25, -0.2) is 4.98 Å². The topological polar surface area (TPSA) is 72.7 Å². The average Bonchev–Trinajstić information content (AvgIpc) is 3.02. The Morgan fingerprint density at radius 2 is 1.92 bits per heavy atom. The van der Waals surface area contributed by atoms with Crippen molar-refractivity contribution < 1.29 is 4.79 Å². The Morgan fingerprint density at radius 1 is 1.12 bits per heavy atom. The van der Waals surface area contributed by atoms with Gasteiger partial charge in [0, 0.05) is 18.7 Å². The van der Waals surface area contributed by atoms with Gasteiger partial charge < -0.3 is 9.88 Å². The van der Waals surface area contributed by atoms with Gasteiger partial charge in [-0.15, -0.1) is 10.2 Å². The van der Waals surface area contributed by atoms with Crippen molar-refractivity contribution in [3.05, 3.63) is 65.6 Å². The Labute approximate surface area is 157 Å². The van der Waals surface area contributed by atoms with Crippen molar-refractivity contribution in [1.29, 1.82) is 0 Å². The zero-order chi connectivity index (χ0) is 18.4. The molecule has 0 aliphatic rings. The number of amides is 1. The number of aromatic nitrogens is 4. The van der Waals surface area contributed by atoms with Gasteiger partial charge in [0.15, 0.2) is 5.16 Å². The van der Waals surface area contributed by atoms with Gasteiger partial charge in [0.1, 0.15) is 11.6 Å². The number of aryl methyl sites for hydroxylation is 1. The monoisotopic (exact) mass is 367 g/mol. The van der Waals surface area contributed by atoms with E-state index in [1.165, 1.54) is 17.3 Å². The lowest BCUT2D eigenvalue weighted by Crippen LogP contribution is -2.15. The fourth-order valence-electron chi connectivity index (χ4n) is 2.57. The predicted octanol–water partition coefficient (Wildman–Crippen LogP) is 3.32. The lowest BCUT2D eigenvalue weighted by Gasteiger charge is -2.08. The van der Waals surface area contributed by atoms with Crippen LogP contribution >= 0.6 is 11.8 Å². The third-order valence-corrected chi connectivity index (χ3v) is 4.77. The smallest absolute Gasteiger partial charge is 0.236 e. The third kappa shape index (κ3) is 4.70. The normalized spacial score (nSPS) is 10.7. The molecule has 0 bridgehead atoms. The van der Waals surface area contributed by atoms with Gasteiger partial charge in [-0.2, -0.15) is 0 Å². The maximum atomic E-state index is 12.2. The number of nitrogens with zero attached hydrogens (tertiary/aromatic N) is 4. The lowest BCUT2D eigenvalue weighted by atomic mass is 10.1. The second kappa shape index (κ2) is 8.62. The number of carbonyl (C=O) groups is 1. The van der Waals surface area contributed by atoms with Crippen LogP contribution in [0.4, 0.5) is 5.82 Å². The largest absolute Gasteiger partial charge is 0.310 e. The summed E-state index contributed by atoms with van der Waals surface area (Å²) < 4.78 is 2.05. The molecule has 26 heavy (non-hydrogen) atoms. The number of benzene rings is 1. The van der Waals surface area contributed by atoms with Crippen molar-refractivity contribution in [3.63, 3.8) is 0 Å². The maximum absolute atomic E-state index is 12.2. The van der Waals surface area contributed by atoms with Crippen molar-refractivity contribution in [1.82, 2.24) is 19.7 Å². The van der Waals surface area contributed by atoms with Crippen LogP contribution in [0.1, 0.15) is 24.0 Å². The molecule has 3 aromatic rings. The number of pyridine rings is 1. The summed E-state index contributed by atoms with van der Waals surface area (Å²) in [4.78, 5) is 16.4. The van der Waals surface area contributed by atoms with E-state index < -0.39 is 0 Å². The second-order valence-electron chi connectivity index (χ2n) is 5.81. The fourth-order valence-corrected chi connectivity index (χ4v) is 3.40. The molecule has 1 aromatic carbocycles. The molecule has 134 valence electrons. The molecule has 6 nitrogen and oxygen atoms in total. The van der Waals surface area contributed by atoms with Crippen molar-refractivity contribution >= 4 is 23.5 Å². The molecule has 0 saturated carbocycles. The van der Waals surface area contributed by atoms with Crippen LogP contribution in [-0.4, -0.2) is 31.4 Å². The summed E-state index contributed by atoms with van der Waals surface area (Å²) in [5.74, 6) is 1.63. The predicted molar refractivity (Wildman–Crippen MR) is 103 cm³/mol. The Hall–Kier alpha value is -2.67. The van der Waals surface area contributed by atoms with E-state index in [1.807, 2.05) is 37.3 Å². The summed E-state index contributed by atoms with van der Waals surface area (Å²) in [6.07, 6.45) is 0.724. The van der Waals surface area contributed by atoms with Gasteiger partial charge in [-0.1, -0.05) is 48.2 Å². The van der Waals surface area contributed by atoms with Gasteiger partial charge in [0.2, 0.25) is 5.91 Å². The van der Waals surface area contributed by atoms with Gasteiger partial charge >= 0.3 is 0 Å². The number of carbonyl (C=O) groups excluding carboxylic acids is 1. The van der Waals surface area contributed by atoms with Gasteiger partial charge in [-0.05, 0) is 31.5 Å². The quantitative estimate of drug-likeness (QED) is 0.649. The molecule has 1 N–H and O–H groups in total. The van der Waals surface area contributed by atoms with E-state index >= 15 is 0 Å². The molecule has 2 heterocycles. The molecular formula is C19H21N5OS. The zero-order valence-corrected chi connectivity index (χ0v) is 15.7. The average molecular weight is 367 g/mol. The minimum Gasteiger partial charge on any atom is -0.310 e. The number of anilines is 1. The van der Waals surface area contributed by atoms with Crippen LogP contribution < -0.4 is 5.32 Å². The molecule has 0 aliphatic heterocycles. The van der Waals surface area contributed by atoms with Crippen LogP contribution in [-0.2, 0) is 17.8 Å². The van der Waals surface area contributed by atoms with Crippen molar-refractivity contribution in [2.45, 2.75) is 32.0 Å². The van der Waals surface area contributed by atoms with Crippen molar-refractivity contribution in [3.8, 4) is 0 Å². The summed E-state index contributed by atoms with van der Waals surface area (Å²) in [5.41, 5.74) is 2.06. The van der Waals surface area contributed by atoms with Crippen LogP contribution in [0, 0.1) is 6.92 Å². The molecule has 2 aromatic heterocycles. The first kappa shape index (κ1) is 18.1. The first-order valence-electron chi connectivity index (χ1n) is 8.48.